The average molecular weight is 180 g/mol. The summed E-state index contributed by atoms with van der Waals surface area (Å²) >= 11 is 0. The third kappa shape index (κ3) is 0.823. The van der Waals surface area contributed by atoms with Crippen LogP contribution in [0.3, 0.4) is 0 Å². The van der Waals surface area contributed by atoms with Crippen LogP contribution in [-0.2, 0) is 4.74 Å². The van der Waals surface area contributed by atoms with Crippen molar-refractivity contribution in [1.29, 1.82) is 0 Å². The molecule has 3 aliphatic rings. The van der Waals surface area contributed by atoms with E-state index >= 15 is 0 Å². The third-order valence-electron chi connectivity index (χ3n) is 5.23. The summed E-state index contributed by atoms with van der Waals surface area (Å²) in [5.41, 5.74) is 0.943. The van der Waals surface area contributed by atoms with Crippen molar-refractivity contribution in [2.75, 3.05) is 6.61 Å². The first-order chi connectivity index (χ1) is 6.08. The second-order valence-electron chi connectivity index (χ2n) is 5.96. The van der Waals surface area contributed by atoms with Crippen LogP contribution < -0.4 is 0 Å². The SMILES string of the molecule is CC(C)C12CCC3C(CO1)C3(C)C2. The molecule has 13 heavy (non-hydrogen) atoms. The lowest BCUT2D eigenvalue weighted by Crippen LogP contribution is -2.45. The van der Waals surface area contributed by atoms with E-state index in [2.05, 4.69) is 20.8 Å². The molecule has 3 fully saturated rings. The molecule has 2 saturated carbocycles. The molecule has 0 radical (unpaired) electrons. The van der Waals surface area contributed by atoms with Gasteiger partial charge >= 0.3 is 0 Å². The van der Waals surface area contributed by atoms with E-state index in [0.717, 1.165) is 18.4 Å². The van der Waals surface area contributed by atoms with E-state index in [1.807, 2.05) is 0 Å². The van der Waals surface area contributed by atoms with Gasteiger partial charge in [-0.15, -0.1) is 0 Å². The molecule has 1 heteroatoms. The monoisotopic (exact) mass is 180 g/mol. The minimum atomic E-state index is 0.262. The summed E-state index contributed by atoms with van der Waals surface area (Å²) < 4.78 is 6.14. The van der Waals surface area contributed by atoms with Gasteiger partial charge in [0.15, 0.2) is 0 Å². The Morgan fingerprint density at radius 2 is 2.08 bits per heavy atom. The molecule has 2 bridgehead atoms. The molecule has 3 rings (SSSR count). The number of ether oxygens (including phenoxy) is 1. The first kappa shape index (κ1) is 8.28. The van der Waals surface area contributed by atoms with Gasteiger partial charge in [-0.1, -0.05) is 20.8 Å². The van der Waals surface area contributed by atoms with Crippen molar-refractivity contribution >= 4 is 0 Å². The van der Waals surface area contributed by atoms with E-state index in [0.29, 0.717) is 11.3 Å². The summed E-state index contributed by atoms with van der Waals surface area (Å²) in [6, 6.07) is 0. The molecule has 2 aliphatic carbocycles. The Morgan fingerprint density at radius 1 is 1.31 bits per heavy atom. The van der Waals surface area contributed by atoms with Gasteiger partial charge in [0.2, 0.25) is 0 Å². The molecule has 0 amide bonds. The number of rotatable bonds is 1. The molecular weight excluding hydrogens is 160 g/mol. The molecule has 0 spiro atoms. The Hall–Kier alpha value is -0.0400. The van der Waals surface area contributed by atoms with E-state index in [1.54, 1.807) is 0 Å². The fourth-order valence-electron chi connectivity index (χ4n) is 4.04. The molecule has 1 nitrogen and oxygen atoms in total. The van der Waals surface area contributed by atoms with Crippen molar-refractivity contribution in [3.05, 3.63) is 0 Å². The van der Waals surface area contributed by atoms with Gasteiger partial charge in [0.1, 0.15) is 0 Å². The largest absolute Gasteiger partial charge is 0.374 e. The fourth-order valence-corrected chi connectivity index (χ4v) is 4.04. The predicted molar refractivity (Wildman–Crippen MR) is 52.5 cm³/mol. The van der Waals surface area contributed by atoms with Crippen LogP contribution in [0.25, 0.3) is 0 Å². The van der Waals surface area contributed by atoms with Crippen LogP contribution in [0.1, 0.15) is 40.0 Å². The van der Waals surface area contributed by atoms with Gasteiger partial charge in [-0.3, -0.25) is 0 Å². The van der Waals surface area contributed by atoms with Gasteiger partial charge in [0.25, 0.3) is 0 Å². The third-order valence-corrected chi connectivity index (χ3v) is 5.23. The summed E-state index contributed by atoms with van der Waals surface area (Å²) in [6.45, 7) is 8.19. The van der Waals surface area contributed by atoms with Crippen LogP contribution >= 0.6 is 0 Å². The molecule has 1 heterocycles. The maximum atomic E-state index is 6.14. The Kier molecular flexibility index (Phi) is 1.36. The second-order valence-corrected chi connectivity index (χ2v) is 5.96. The van der Waals surface area contributed by atoms with Crippen LogP contribution in [0.15, 0.2) is 0 Å². The van der Waals surface area contributed by atoms with Gasteiger partial charge in [-0.2, -0.15) is 0 Å². The summed E-state index contributed by atoms with van der Waals surface area (Å²) in [5.74, 6) is 2.63. The first-order valence-electron chi connectivity index (χ1n) is 5.72. The molecule has 4 unspecified atom stereocenters. The van der Waals surface area contributed by atoms with Crippen LogP contribution in [0.5, 0.6) is 0 Å². The molecule has 1 aliphatic heterocycles. The number of hydrogen-bond acceptors (Lipinski definition) is 1. The van der Waals surface area contributed by atoms with Crippen molar-refractivity contribution in [3.8, 4) is 0 Å². The highest BCUT2D eigenvalue weighted by Crippen LogP contribution is 2.72. The molecule has 0 N–H and O–H groups in total. The molecule has 0 aromatic heterocycles. The Bertz CT molecular complexity index is 230. The predicted octanol–water partition coefficient (Wildman–Crippen LogP) is 2.85. The van der Waals surface area contributed by atoms with E-state index in [-0.39, 0.29) is 5.60 Å². The highest BCUT2D eigenvalue weighted by atomic mass is 16.5. The van der Waals surface area contributed by atoms with Crippen molar-refractivity contribution in [2.24, 2.45) is 23.2 Å². The van der Waals surface area contributed by atoms with E-state index < -0.39 is 0 Å². The Labute approximate surface area is 80.8 Å². The summed E-state index contributed by atoms with van der Waals surface area (Å²) in [4.78, 5) is 0. The van der Waals surface area contributed by atoms with Crippen molar-refractivity contribution in [1.82, 2.24) is 0 Å². The molecular formula is C12H20O. The Balaban J connectivity index is 1.93. The Morgan fingerprint density at radius 3 is 2.77 bits per heavy atom. The molecule has 0 aromatic carbocycles. The van der Waals surface area contributed by atoms with E-state index in [1.165, 1.54) is 19.3 Å². The average Bonchev–Trinajstić information content (AvgIpc) is 2.72. The van der Waals surface area contributed by atoms with Gasteiger partial charge < -0.3 is 4.74 Å². The van der Waals surface area contributed by atoms with Crippen molar-refractivity contribution in [2.45, 2.75) is 45.6 Å². The van der Waals surface area contributed by atoms with E-state index in [4.69, 9.17) is 4.74 Å². The lowest BCUT2D eigenvalue weighted by atomic mass is 9.71. The smallest absolute Gasteiger partial charge is 0.0710 e. The molecule has 4 atom stereocenters. The minimum absolute atomic E-state index is 0.262. The highest BCUT2D eigenvalue weighted by molar-refractivity contribution is 5.17. The number of hydrogen-bond donors (Lipinski definition) is 0. The quantitative estimate of drug-likeness (QED) is 0.603. The van der Waals surface area contributed by atoms with Gasteiger partial charge in [0, 0.05) is 0 Å². The molecule has 0 aromatic rings. The molecule has 1 saturated heterocycles. The number of fused-ring (bicyclic) bond motifs is 2. The lowest BCUT2D eigenvalue weighted by Gasteiger charge is -2.45. The fraction of sp³-hybridized carbons (Fsp3) is 1.00. The van der Waals surface area contributed by atoms with Crippen LogP contribution in [0.4, 0.5) is 0 Å². The maximum Gasteiger partial charge on any atom is 0.0710 e. The topological polar surface area (TPSA) is 9.23 Å². The maximum absolute atomic E-state index is 6.14. The van der Waals surface area contributed by atoms with E-state index in [9.17, 15) is 0 Å². The normalized spacial score (nSPS) is 58.2. The highest BCUT2D eigenvalue weighted by Gasteiger charge is 2.69. The van der Waals surface area contributed by atoms with Gasteiger partial charge in [0.05, 0.1) is 12.2 Å². The lowest BCUT2D eigenvalue weighted by molar-refractivity contribution is -0.134. The summed E-state index contributed by atoms with van der Waals surface area (Å²) in [6.07, 6.45) is 4.09. The summed E-state index contributed by atoms with van der Waals surface area (Å²) in [5, 5.41) is 0. The summed E-state index contributed by atoms with van der Waals surface area (Å²) in [7, 11) is 0. The van der Waals surface area contributed by atoms with Crippen LogP contribution in [0.2, 0.25) is 0 Å². The van der Waals surface area contributed by atoms with Crippen LogP contribution in [-0.4, -0.2) is 12.2 Å². The zero-order valence-electron chi connectivity index (χ0n) is 8.97. The van der Waals surface area contributed by atoms with Crippen LogP contribution in [0, 0.1) is 23.2 Å². The second kappa shape index (κ2) is 2.13. The van der Waals surface area contributed by atoms with Gasteiger partial charge in [-0.25, -0.2) is 0 Å². The zero-order valence-corrected chi connectivity index (χ0v) is 8.97. The minimum Gasteiger partial charge on any atom is -0.374 e. The van der Waals surface area contributed by atoms with Crippen molar-refractivity contribution in [3.63, 3.8) is 0 Å². The first-order valence-corrected chi connectivity index (χ1v) is 5.72. The van der Waals surface area contributed by atoms with Gasteiger partial charge in [-0.05, 0) is 42.4 Å². The zero-order chi connectivity index (χ0) is 9.27. The van der Waals surface area contributed by atoms with Crippen molar-refractivity contribution < 1.29 is 4.74 Å². The standard InChI is InChI=1S/C12H20O/c1-8(2)12-5-4-9-10(6-13-12)11(9,3)7-12/h8-10H,4-7H2,1-3H3. The molecule has 74 valence electrons.